The number of phenols is 3. The van der Waals surface area contributed by atoms with Gasteiger partial charge in [-0.3, -0.25) is 0 Å². The van der Waals surface area contributed by atoms with Crippen molar-refractivity contribution in [2.24, 2.45) is 0 Å². The number of carbonyl (C=O) groups is 1. The molecular weight excluding hydrogens is 260 g/mol. The van der Waals surface area contributed by atoms with Gasteiger partial charge < -0.3 is 20.4 Å². The van der Waals surface area contributed by atoms with Gasteiger partial charge in [0.1, 0.15) is 0 Å². The Morgan fingerprint density at radius 2 is 1.50 bits per heavy atom. The molecule has 5 heteroatoms. The first-order valence-electron chi connectivity index (χ1n) is 6.97. The van der Waals surface area contributed by atoms with E-state index < -0.39 is 23.2 Å². The molecule has 0 spiro atoms. The van der Waals surface area contributed by atoms with E-state index in [-0.39, 0.29) is 23.1 Å². The highest BCUT2D eigenvalue weighted by molar-refractivity contribution is 5.94. The number of unbranched alkanes of at least 4 members (excludes halogenated alkanes) is 3. The molecule has 0 saturated carbocycles. The SMILES string of the molecule is CCCCCCc1c(O)c(O)c(O)c(CC)c1C(=O)O. The number of carboxylic acids is 1. The lowest BCUT2D eigenvalue weighted by Crippen LogP contribution is -2.08. The van der Waals surface area contributed by atoms with Crippen molar-refractivity contribution in [3.8, 4) is 17.2 Å². The number of aromatic carboxylic acids is 1. The van der Waals surface area contributed by atoms with Gasteiger partial charge in [0, 0.05) is 11.1 Å². The van der Waals surface area contributed by atoms with Crippen LogP contribution in [0.3, 0.4) is 0 Å². The van der Waals surface area contributed by atoms with Crippen molar-refractivity contribution in [3.05, 3.63) is 16.7 Å². The van der Waals surface area contributed by atoms with Crippen LogP contribution >= 0.6 is 0 Å². The van der Waals surface area contributed by atoms with E-state index in [0.29, 0.717) is 6.42 Å². The molecule has 0 saturated heterocycles. The van der Waals surface area contributed by atoms with Crippen molar-refractivity contribution < 1.29 is 25.2 Å². The maximum atomic E-state index is 11.4. The Labute approximate surface area is 118 Å². The lowest BCUT2D eigenvalue weighted by Gasteiger charge is -2.16. The number of aromatic hydroxyl groups is 3. The first kappa shape index (κ1) is 16.1. The number of carboxylic acid groups (broad SMARTS) is 1. The molecule has 0 heterocycles. The van der Waals surface area contributed by atoms with Crippen molar-refractivity contribution in [2.75, 3.05) is 0 Å². The van der Waals surface area contributed by atoms with Crippen molar-refractivity contribution in [1.82, 2.24) is 0 Å². The fraction of sp³-hybridized carbons (Fsp3) is 0.533. The molecule has 5 nitrogen and oxygen atoms in total. The summed E-state index contributed by atoms with van der Waals surface area (Å²) in [5.74, 6) is -2.89. The second kappa shape index (κ2) is 7.03. The van der Waals surface area contributed by atoms with Crippen LogP contribution in [0.5, 0.6) is 17.2 Å². The summed E-state index contributed by atoms with van der Waals surface area (Å²) in [6, 6.07) is 0. The van der Waals surface area contributed by atoms with Gasteiger partial charge >= 0.3 is 5.97 Å². The fourth-order valence-corrected chi connectivity index (χ4v) is 2.39. The Hall–Kier alpha value is -1.91. The van der Waals surface area contributed by atoms with Crippen LogP contribution in [0.2, 0.25) is 0 Å². The van der Waals surface area contributed by atoms with Gasteiger partial charge in [0.15, 0.2) is 11.5 Å². The molecule has 0 fully saturated rings. The standard InChI is InChI=1S/C15H22O5/c1-3-5-6-7-8-10-11(15(19)20)9(4-2)12(16)14(18)13(10)17/h16-18H,3-8H2,1-2H3,(H,19,20). The summed E-state index contributed by atoms with van der Waals surface area (Å²) in [4.78, 5) is 11.4. The number of benzene rings is 1. The lowest BCUT2D eigenvalue weighted by molar-refractivity contribution is 0.0693. The Balaban J connectivity index is 3.25. The smallest absolute Gasteiger partial charge is 0.336 e. The van der Waals surface area contributed by atoms with Gasteiger partial charge in [0.05, 0.1) is 5.56 Å². The predicted octanol–water partition coefficient (Wildman–Crippen LogP) is 3.19. The highest BCUT2D eigenvalue weighted by atomic mass is 16.4. The molecule has 0 unspecified atom stereocenters. The zero-order valence-electron chi connectivity index (χ0n) is 11.9. The van der Waals surface area contributed by atoms with Crippen LogP contribution in [0, 0.1) is 0 Å². The molecule has 0 aliphatic heterocycles. The monoisotopic (exact) mass is 282 g/mol. The Kier molecular flexibility index (Phi) is 5.67. The average Bonchev–Trinajstić information content (AvgIpc) is 2.42. The summed E-state index contributed by atoms with van der Waals surface area (Å²) in [5, 5.41) is 38.7. The molecule has 0 aromatic heterocycles. The zero-order chi connectivity index (χ0) is 15.3. The van der Waals surface area contributed by atoms with Crippen molar-refractivity contribution >= 4 is 5.97 Å². The molecule has 112 valence electrons. The van der Waals surface area contributed by atoms with Crippen molar-refractivity contribution in [1.29, 1.82) is 0 Å². The maximum Gasteiger partial charge on any atom is 0.336 e. The van der Waals surface area contributed by atoms with Crippen LogP contribution in [0.1, 0.15) is 61.0 Å². The molecule has 0 aliphatic rings. The van der Waals surface area contributed by atoms with Gasteiger partial charge in [-0.1, -0.05) is 33.1 Å². The van der Waals surface area contributed by atoms with Crippen LogP contribution in [-0.2, 0) is 12.8 Å². The summed E-state index contributed by atoms with van der Waals surface area (Å²) >= 11 is 0. The van der Waals surface area contributed by atoms with Crippen LogP contribution in [-0.4, -0.2) is 26.4 Å². The van der Waals surface area contributed by atoms with Crippen LogP contribution in [0.4, 0.5) is 0 Å². The third-order valence-corrected chi connectivity index (χ3v) is 3.47. The highest BCUT2D eigenvalue weighted by Crippen LogP contribution is 2.44. The van der Waals surface area contributed by atoms with E-state index in [2.05, 4.69) is 6.92 Å². The minimum atomic E-state index is -1.20. The number of hydrogen-bond donors (Lipinski definition) is 4. The quantitative estimate of drug-likeness (QED) is 0.455. The van der Waals surface area contributed by atoms with Gasteiger partial charge in [0.25, 0.3) is 0 Å². The molecule has 4 N–H and O–H groups in total. The largest absolute Gasteiger partial charge is 0.504 e. The van der Waals surface area contributed by atoms with Gasteiger partial charge in [-0.25, -0.2) is 4.79 Å². The van der Waals surface area contributed by atoms with Gasteiger partial charge in [-0.2, -0.15) is 0 Å². The minimum absolute atomic E-state index is 0.0863. The molecule has 1 aromatic carbocycles. The Morgan fingerprint density at radius 1 is 0.900 bits per heavy atom. The second-order valence-electron chi connectivity index (χ2n) is 4.85. The zero-order valence-corrected chi connectivity index (χ0v) is 11.9. The maximum absolute atomic E-state index is 11.4. The summed E-state index contributed by atoms with van der Waals surface area (Å²) in [6.45, 7) is 3.76. The predicted molar refractivity (Wildman–Crippen MR) is 75.6 cm³/mol. The first-order chi connectivity index (χ1) is 9.45. The van der Waals surface area contributed by atoms with Crippen LogP contribution in [0.15, 0.2) is 0 Å². The van der Waals surface area contributed by atoms with E-state index in [1.165, 1.54) is 0 Å². The van der Waals surface area contributed by atoms with E-state index in [1.807, 2.05) is 0 Å². The molecule has 0 aliphatic carbocycles. The summed E-state index contributed by atoms with van der Waals surface area (Å²) in [7, 11) is 0. The topological polar surface area (TPSA) is 98.0 Å². The first-order valence-corrected chi connectivity index (χ1v) is 6.97. The number of rotatable bonds is 7. The van der Waals surface area contributed by atoms with Crippen molar-refractivity contribution in [3.63, 3.8) is 0 Å². The Morgan fingerprint density at radius 3 is 2.00 bits per heavy atom. The number of hydrogen-bond acceptors (Lipinski definition) is 4. The van der Waals surface area contributed by atoms with Gasteiger partial charge in [-0.15, -0.1) is 0 Å². The van der Waals surface area contributed by atoms with Crippen LogP contribution < -0.4 is 0 Å². The average molecular weight is 282 g/mol. The lowest BCUT2D eigenvalue weighted by atomic mass is 9.93. The van der Waals surface area contributed by atoms with Crippen molar-refractivity contribution in [2.45, 2.75) is 52.4 Å². The van der Waals surface area contributed by atoms with Gasteiger partial charge in [-0.05, 0) is 19.3 Å². The van der Waals surface area contributed by atoms with E-state index >= 15 is 0 Å². The Bertz CT molecular complexity index is 494. The highest BCUT2D eigenvalue weighted by Gasteiger charge is 2.25. The molecule has 20 heavy (non-hydrogen) atoms. The third-order valence-electron chi connectivity index (χ3n) is 3.47. The molecule has 0 atom stereocenters. The second-order valence-corrected chi connectivity index (χ2v) is 4.85. The van der Waals surface area contributed by atoms with E-state index in [1.54, 1.807) is 6.92 Å². The summed E-state index contributed by atoms with van der Waals surface area (Å²) < 4.78 is 0. The van der Waals surface area contributed by atoms with E-state index in [0.717, 1.165) is 25.7 Å². The molecule has 0 amide bonds. The van der Waals surface area contributed by atoms with E-state index in [9.17, 15) is 25.2 Å². The minimum Gasteiger partial charge on any atom is -0.504 e. The molecule has 1 rings (SSSR count). The van der Waals surface area contributed by atoms with Crippen LogP contribution in [0.25, 0.3) is 0 Å². The normalized spacial score (nSPS) is 10.7. The molecule has 1 aromatic rings. The van der Waals surface area contributed by atoms with Gasteiger partial charge in [0.2, 0.25) is 5.75 Å². The fourth-order valence-electron chi connectivity index (χ4n) is 2.39. The van der Waals surface area contributed by atoms with E-state index in [4.69, 9.17) is 0 Å². The third kappa shape index (κ3) is 3.15. The summed E-state index contributed by atoms with van der Waals surface area (Å²) in [5.41, 5.74) is 0.288. The summed E-state index contributed by atoms with van der Waals surface area (Å²) in [6.07, 6.45) is 4.39. The molecule has 0 bridgehead atoms. The molecule has 0 radical (unpaired) electrons. The number of phenolic OH excluding ortho intramolecular Hbond substituents is 3. The molecular formula is C15H22O5.